The zero-order chi connectivity index (χ0) is 14.8. The first kappa shape index (κ1) is 14.7. The average molecular weight is 283 g/mol. The molecule has 1 aromatic carbocycles. The number of hydrogen-bond acceptors (Lipinski definition) is 3. The van der Waals surface area contributed by atoms with Gasteiger partial charge in [0.1, 0.15) is 0 Å². The minimum atomic E-state index is -4.48. The van der Waals surface area contributed by atoms with Crippen molar-refractivity contribution in [2.75, 3.05) is 5.32 Å². The van der Waals surface area contributed by atoms with E-state index in [9.17, 15) is 13.2 Å². The van der Waals surface area contributed by atoms with Gasteiger partial charge in [0, 0.05) is 17.8 Å². The number of hydrogen-bond donors (Lipinski definition) is 2. The quantitative estimate of drug-likeness (QED) is 0.875. The molecular formula is C14H16F3N3. The molecule has 0 heterocycles. The van der Waals surface area contributed by atoms with Crippen molar-refractivity contribution in [3.05, 3.63) is 29.3 Å². The molecule has 1 saturated carbocycles. The summed E-state index contributed by atoms with van der Waals surface area (Å²) >= 11 is 0. The minimum absolute atomic E-state index is 0.00298. The number of alkyl halides is 3. The summed E-state index contributed by atoms with van der Waals surface area (Å²) in [7, 11) is 0. The Balaban J connectivity index is 2.25. The number of benzene rings is 1. The molecule has 0 bridgehead atoms. The van der Waals surface area contributed by atoms with Crippen molar-refractivity contribution in [1.82, 2.24) is 0 Å². The fraction of sp³-hybridized carbons (Fsp3) is 0.500. The molecule has 20 heavy (non-hydrogen) atoms. The molecule has 0 saturated heterocycles. The monoisotopic (exact) mass is 283 g/mol. The molecule has 2 atom stereocenters. The van der Waals surface area contributed by atoms with Gasteiger partial charge in [-0.2, -0.15) is 18.4 Å². The van der Waals surface area contributed by atoms with E-state index in [1.807, 2.05) is 0 Å². The van der Waals surface area contributed by atoms with E-state index in [4.69, 9.17) is 11.0 Å². The van der Waals surface area contributed by atoms with Crippen LogP contribution in [0.15, 0.2) is 18.2 Å². The number of anilines is 1. The zero-order valence-electron chi connectivity index (χ0n) is 10.9. The maximum atomic E-state index is 13.0. The third-order valence-corrected chi connectivity index (χ3v) is 3.53. The summed E-state index contributed by atoms with van der Waals surface area (Å²) in [6, 6.07) is 5.31. The number of nitrogens with two attached hydrogens (primary N) is 1. The smallest absolute Gasteiger partial charge is 0.382 e. The topological polar surface area (TPSA) is 61.8 Å². The van der Waals surface area contributed by atoms with Crippen molar-refractivity contribution in [2.24, 2.45) is 5.73 Å². The van der Waals surface area contributed by atoms with Crippen LogP contribution in [0, 0.1) is 11.3 Å². The molecule has 1 aromatic rings. The van der Waals surface area contributed by atoms with Crippen LogP contribution < -0.4 is 11.1 Å². The van der Waals surface area contributed by atoms with Gasteiger partial charge in [0.15, 0.2) is 0 Å². The zero-order valence-corrected chi connectivity index (χ0v) is 10.9. The van der Waals surface area contributed by atoms with E-state index in [-0.39, 0.29) is 23.3 Å². The summed E-state index contributed by atoms with van der Waals surface area (Å²) in [6.45, 7) is 0. The van der Waals surface area contributed by atoms with Gasteiger partial charge in [-0.1, -0.05) is 0 Å². The molecule has 0 spiro atoms. The normalized spacial score (nSPS) is 23.1. The van der Waals surface area contributed by atoms with Crippen molar-refractivity contribution in [2.45, 2.75) is 43.9 Å². The highest BCUT2D eigenvalue weighted by Crippen LogP contribution is 2.36. The average Bonchev–Trinajstić information content (AvgIpc) is 2.38. The van der Waals surface area contributed by atoms with Crippen LogP contribution in [-0.2, 0) is 6.18 Å². The standard InChI is InChI=1S/C14H16F3N3/c15-14(16,17)12-6-9(8-18)4-5-13(12)20-11-3-1-2-10(19)7-11/h4-6,10-11,20H,1-3,7,19H2. The Morgan fingerprint density at radius 2 is 2.05 bits per heavy atom. The van der Waals surface area contributed by atoms with Gasteiger partial charge in [-0.25, -0.2) is 0 Å². The fourth-order valence-corrected chi connectivity index (χ4v) is 2.55. The molecule has 6 heteroatoms. The highest BCUT2D eigenvalue weighted by molar-refractivity contribution is 5.56. The van der Waals surface area contributed by atoms with Crippen molar-refractivity contribution in [1.29, 1.82) is 5.26 Å². The molecule has 108 valence electrons. The van der Waals surface area contributed by atoms with Crippen LogP contribution in [0.2, 0.25) is 0 Å². The Morgan fingerprint density at radius 3 is 2.65 bits per heavy atom. The second kappa shape index (κ2) is 5.71. The lowest BCUT2D eigenvalue weighted by Gasteiger charge is -2.29. The second-order valence-electron chi connectivity index (χ2n) is 5.14. The molecule has 2 rings (SSSR count). The lowest BCUT2D eigenvalue weighted by molar-refractivity contribution is -0.137. The van der Waals surface area contributed by atoms with E-state index >= 15 is 0 Å². The lowest BCUT2D eigenvalue weighted by atomic mass is 9.91. The molecule has 1 aliphatic carbocycles. The van der Waals surface area contributed by atoms with E-state index in [0.29, 0.717) is 6.42 Å². The van der Waals surface area contributed by atoms with Crippen molar-refractivity contribution < 1.29 is 13.2 Å². The van der Waals surface area contributed by atoms with Gasteiger partial charge in [0.2, 0.25) is 0 Å². The maximum absolute atomic E-state index is 13.0. The van der Waals surface area contributed by atoms with Gasteiger partial charge in [0.05, 0.1) is 17.2 Å². The highest BCUT2D eigenvalue weighted by Gasteiger charge is 2.34. The van der Waals surface area contributed by atoms with Crippen LogP contribution in [0.3, 0.4) is 0 Å². The summed E-state index contributed by atoms with van der Waals surface area (Å²) < 4.78 is 39.1. The van der Waals surface area contributed by atoms with Gasteiger partial charge >= 0.3 is 6.18 Å². The molecule has 0 aliphatic heterocycles. The Kier molecular flexibility index (Phi) is 4.19. The van der Waals surface area contributed by atoms with E-state index in [1.54, 1.807) is 6.07 Å². The third kappa shape index (κ3) is 3.42. The SMILES string of the molecule is N#Cc1ccc(NC2CCCC(N)C2)c(C(F)(F)F)c1. The molecule has 3 N–H and O–H groups in total. The summed E-state index contributed by atoms with van der Waals surface area (Å²) in [4.78, 5) is 0. The Bertz CT molecular complexity index is 519. The van der Waals surface area contributed by atoms with Crippen molar-refractivity contribution in [3.8, 4) is 6.07 Å². The maximum Gasteiger partial charge on any atom is 0.418 e. The first-order valence-corrected chi connectivity index (χ1v) is 6.53. The lowest BCUT2D eigenvalue weighted by Crippen LogP contribution is -2.35. The number of nitrogens with one attached hydrogen (secondary N) is 1. The summed E-state index contributed by atoms with van der Waals surface area (Å²) in [6.07, 6.45) is -1.18. The molecule has 0 radical (unpaired) electrons. The first-order valence-electron chi connectivity index (χ1n) is 6.53. The molecule has 3 nitrogen and oxygen atoms in total. The number of rotatable bonds is 2. The van der Waals surface area contributed by atoms with Crippen LogP contribution in [0.4, 0.5) is 18.9 Å². The molecule has 0 amide bonds. The Hall–Kier alpha value is -1.74. The molecular weight excluding hydrogens is 267 g/mol. The predicted molar refractivity (Wildman–Crippen MR) is 70.0 cm³/mol. The van der Waals surface area contributed by atoms with Gasteiger partial charge in [-0.15, -0.1) is 0 Å². The van der Waals surface area contributed by atoms with Crippen molar-refractivity contribution in [3.63, 3.8) is 0 Å². The van der Waals surface area contributed by atoms with E-state index in [0.717, 1.165) is 25.3 Å². The Labute approximate surface area is 115 Å². The fourth-order valence-electron chi connectivity index (χ4n) is 2.55. The van der Waals surface area contributed by atoms with E-state index in [2.05, 4.69) is 5.32 Å². The van der Waals surface area contributed by atoms with Gasteiger partial charge < -0.3 is 11.1 Å². The van der Waals surface area contributed by atoms with E-state index in [1.165, 1.54) is 12.1 Å². The Morgan fingerprint density at radius 1 is 1.30 bits per heavy atom. The highest BCUT2D eigenvalue weighted by atomic mass is 19.4. The largest absolute Gasteiger partial charge is 0.418 e. The second-order valence-corrected chi connectivity index (χ2v) is 5.14. The van der Waals surface area contributed by atoms with Gasteiger partial charge in [-0.05, 0) is 43.9 Å². The predicted octanol–water partition coefficient (Wildman–Crippen LogP) is 3.26. The van der Waals surface area contributed by atoms with Crippen molar-refractivity contribution >= 4 is 5.69 Å². The molecule has 1 fully saturated rings. The number of nitrogens with zero attached hydrogens (tertiary/aromatic N) is 1. The van der Waals surface area contributed by atoms with Gasteiger partial charge in [-0.3, -0.25) is 0 Å². The minimum Gasteiger partial charge on any atom is -0.382 e. The van der Waals surface area contributed by atoms with Crippen LogP contribution >= 0.6 is 0 Å². The third-order valence-electron chi connectivity index (χ3n) is 3.53. The molecule has 0 aromatic heterocycles. The molecule has 1 aliphatic rings. The summed E-state index contributed by atoms with van der Waals surface area (Å²) in [5.41, 5.74) is 5.07. The number of nitriles is 1. The van der Waals surface area contributed by atoms with Crippen LogP contribution in [0.25, 0.3) is 0 Å². The van der Waals surface area contributed by atoms with Crippen LogP contribution in [0.5, 0.6) is 0 Å². The first-order chi connectivity index (χ1) is 9.40. The number of halogens is 3. The van der Waals surface area contributed by atoms with Crippen LogP contribution in [0.1, 0.15) is 36.8 Å². The summed E-state index contributed by atoms with van der Waals surface area (Å²) in [5, 5.41) is 11.6. The van der Waals surface area contributed by atoms with Gasteiger partial charge in [0.25, 0.3) is 0 Å². The van der Waals surface area contributed by atoms with E-state index < -0.39 is 11.7 Å². The van der Waals surface area contributed by atoms with Crippen LogP contribution in [-0.4, -0.2) is 12.1 Å². The summed E-state index contributed by atoms with van der Waals surface area (Å²) in [5.74, 6) is 0. The molecule has 2 unspecified atom stereocenters.